The molecule has 7 nitrogen and oxygen atoms in total. The van der Waals surface area contributed by atoms with Gasteiger partial charge in [0, 0.05) is 30.8 Å². The number of rotatable bonds is 5. The van der Waals surface area contributed by atoms with E-state index in [9.17, 15) is 9.59 Å². The van der Waals surface area contributed by atoms with Crippen molar-refractivity contribution in [1.29, 1.82) is 0 Å². The zero-order chi connectivity index (χ0) is 21.1. The minimum atomic E-state index is -0.126. The van der Waals surface area contributed by atoms with Crippen LogP contribution in [-0.4, -0.2) is 43.2 Å². The molecule has 30 heavy (non-hydrogen) atoms. The van der Waals surface area contributed by atoms with Crippen LogP contribution in [0.25, 0.3) is 0 Å². The van der Waals surface area contributed by atoms with E-state index in [-0.39, 0.29) is 31.1 Å². The molecule has 0 spiro atoms. The number of ether oxygens (including phenoxy) is 3. The van der Waals surface area contributed by atoms with Crippen LogP contribution < -0.4 is 19.5 Å². The van der Waals surface area contributed by atoms with Gasteiger partial charge in [-0.25, -0.2) is 0 Å². The highest BCUT2D eigenvalue weighted by atomic mass is 16.7. The Balaban J connectivity index is 1.26. The second kappa shape index (κ2) is 8.65. The quantitative estimate of drug-likeness (QED) is 0.819. The summed E-state index contributed by atoms with van der Waals surface area (Å²) in [6.07, 6.45) is 1.26. The second-order valence-corrected chi connectivity index (χ2v) is 7.72. The highest BCUT2D eigenvalue weighted by Gasteiger charge is 2.28. The van der Waals surface area contributed by atoms with Gasteiger partial charge in [0.05, 0.1) is 0 Å². The molecule has 7 heteroatoms. The topological polar surface area (TPSA) is 77.1 Å². The Bertz CT molecular complexity index is 930. The van der Waals surface area contributed by atoms with Crippen LogP contribution >= 0.6 is 0 Å². The van der Waals surface area contributed by atoms with Gasteiger partial charge in [-0.2, -0.15) is 0 Å². The van der Waals surface area contributed by atoms with Crippen molar-refractivity contribution in [3.05, 3.63) is 47.5 Å². The van der Waals surface area contributed by atoms with Crippen molar-refractivity contribution in [3.8, 4) is 17.2 Å². The second-order valence-electron chi connectivity index (χ2n) is 7.72. The van der Waals surface area contributed by atoms with E-state index in [1.54, 1.807) is 23.1 Å². The molecule has 0 unspecified atom stereocenters. The lowest BCUT2D eigenvalue weighted by atomic mass is 9.95. The zero-order valence-corrected chi connectivity index (χ0v) is 17.3. The number of likely N-dealkylation sites (tertiary alicyclic amines) is 1. The van der Waals surface area contributed by atoms with Gasteiger partial charge in [0.2, 0.25) is 12.7 Å². The number of para-hydroxylation sites is 1. The molecular weight excluding hydrogens is 384 g/mol. The van der Waals surface area contributed by atoms with Crippen molar-refractivity contribution >= 4 is 17.5 Å². The lowest BCUT2D eigenvalue weighted by molar-refractivity contribution is -0.136. The van der Waals surface area contributed by atoms with Gasteiger partial charge >= 0.3 is 0 Å². The van der Waals surface area contributed by atoms with Crippen LogP contribution in [0.5, 0.6) is 17.2 Å². The number of fused-ring (bicyclic) bond motifs is 1. The Kier molecular flexibility index (Phi) is 5.79. The fourth-order valence-corrected chi connectivity index (χ4v) is 3.86. The summed E-state index contributed by atoms with van der Waals surface area (Å²) in [6, 6.07) is 11.3. The predicted molar refractivity (Wildman–Crippen MR) is 112 cm³/mol. The van der Waals surface area contributed by atoms with E-state index < -0.39 is 0 Å². The SMILES string of the molecule is Cc1cccc(C)c1OCC(=O)N1CCC(C(=O)Nc2ccc3c(c2)OCO3)CC1. The molecule has 0 atom stereocenters. The fraction of sp³-hybridized carbons (Fsp3) is 0.391. The van der Waals surface area contributed by atoms with Crippen molar-refractivity contribution in [2.75, 3.05) is 31.8 Å². The number of anilines is 1. The average molecular weight is 410 g/mol. The summed E-state index contributed by atoms with van der Waals surface area (Å²) in [4.78, 5) is 26.9. The summed E-state index contributed by atoms with van der Waals surface area (Å²) in [7, 11) is 0. The van der Waals surface area contributed by atoms with Crippen LogP contribution in [0.1, 0.15) is 24.0 Å². The highest BCUT2D eigenvalue weighted by Crippen LogP contribution is 2.34. The summed E-state index contributed by atoms with van der Waals surface area (Å²) >= 11 is 0. The van der Waals surface area contributed by atoms with Gasteiger partial charge in [-0.15, -0.1) is 0 Å². The Morgan fingerprint density at radius 1 is 1.07 bits per heavy atom. The number of hydrogen-bond acceptors (Lipinski definition) is 5. The average Bonchev–Trinajstić information content (AvgIpc) is 3.21. The summed E-state index contributed by atoms with van der Waals surface area (Å²) in [5.74, 6) is 1.88. The van der Waals surface area contributed by atoms with Gasteiger partial charge in [0.1, 0.15) is 5.75 Å². The van der Waals surface area contributed by atoms with E-state index in [0.29, 0.717) is 43.1 Å². The van der Waals surface area contributed by atoms with Gasteiger partial charge < -0.3 is 24.4 Å². The van der Waals surface area contributed by atoms with Crippen LogP contribution in [-0.2, 0) is 9.59 Å². The van der Waals surface area contributed by atoms with E-state index in [4.69, 9.17) is 14.2 Å². The minimum absolute atomic E-state index is 0.0136. The molecule has 2 aliphatic rings. The molecule has 1 N–H and O–H groups in total. The normalized spacial score (nSPS) is 15.7. The van der Waals surface area contributed by atoms with Crippen LogP contribution in [0.2, 0.25) is 0 Å². The van der Waals surface area contributed by atoms with Gasteiger partial charge in [0.25, 0.3) is 5.91 Å². The summed E-state index contributed by atoms with van der Waals surface area (Å²) in [5, 5.41) is 2.94. The molecule has 0 saturated carbocycles. The minimum Gasteiger partial charge on any atom is -0.483 e. The van der Waals surface area contributed by atoms with Crippen molar-refractivity contribution in [3.63, 3.8) is 0 Å². The fourth-order valence-electron chi connectivity index (χ4n) is 3.86. The number of nitrogens with zero attached hydrogens (tertiary/aromatic N) is 1. The smallest absolute Gasteiger partial charge is 0.260 e. The zero-order valence-electron chi connectivity index (χ0n) is 17.3. The van der Waals surface area contributed by atoms with Crippen molar-refractivity contribution < 1.29 is 23.8 Å². The molecule has 2 aliphatic heterocycles. The van der Waals surface area contributed by atoms with Gasteiger partial charge in [-0.1, -0.05) is 18.2 Å². The maximum atomic E-state index is 12.6. The molecule has 0 radical (unpaired) electrons. The molecular formula is C23H26N2O5. The third-order valence-electron chi connectivity index (χ3n) is 5.61. The van der Waals surface area contributed by atoms with Crippen LogP contribution in [0.4, 0.5) is 5.69 Å². The molecule has 158 valence electrons. The standard InChI is InChI=1S/C23H26N2O5/c1-15-4-3-5-16(2)22(15)28-13-21(26)25-10-8-17(9-11-25)23(27)24-18-6-7-19-20(12-18)30-14-29-19/h3-7,12,17H,8-11,13-14H2,1-2H3,(H,24,27). The molecule has 4 rings (SSSR count). The summed E-state index contributed by atoms with van der Waals surface area (Å²) in [6.45, 7) is 5.25. The third-order valence-corrected chi connectivity index (χ3v) is 5.61. The maximum Gasteiger partial charge on any atom is 0.260 e. The molecule has 0 bridgehead atoms. The van der Waals surface area contributed by atoms with Crippen molar-refractivity contribution in [1.82, 2.24) is 4.90 Å². The first-order valence-electron chi connectivity index (χ1n) is 10.2. The molecule has 2 amide bonds. The number of amides is 2. The molecule has 2 aromatic rings. The number of carbonyl (C=O) groups is 2. The lowest BCUT2D eigenvalue weighted by Crippen LogP contribution is -2.43. The van der Waals surface area contributed by atoms with Gasteiger partial charge in [-0.05, 0) is 49.9 Å². The van der Waals surface area contributed by atoms with E-state index in [1.165, 1.54) is 0 Å². The largest absolute Gasteiger partial charge is 0.483 e. The Morgan fingerprint density at radius 2 is 1.77 bits per heavy atom. The predicted octanol–water partition coefficient (Wildman–Crippen LogP) is 3.29. The maximum absolute atomic E-state index is 12.6. The Labute approximate surface area is 175 Å². The Hall–Kier alpha value is -3.22. The van der Waals surface area contributed by atoms with E-state index in [1.807, 2.05) is 32.0 Å². The number of carbonyl (C=O) groups excluding carboxylic acids is 2. The monoisotopic (exact) mass is 410 g/mol. The molecule has 2 heterocycles. The van der Waals surface area contributed by atoms with E-state index >= 15 is 0 Å². The summed E-state index contributed by atoms with van der Waals surface area (Å²) in [5.41, 5.74) is 2.72. The first-order chi connectivity index (χ1) is 14.5. The Morgan fingerprint density at radius 3 is 2.50 bits per heavy atom. The first kappa shape index (κ1) is 20.1. The van der Waals surface area contributed by atoms with Gasteiger partial charge in [0.15, 0.2) is 18.1 Å². The number of piperidine rings is 1. The molecule has 2 aromatic carbocycles. The van der Waals surface area contributed by atoms with Gasteiger partial charge in [-0.3, -0.25) is 9.59 Å². The van der Waals surface area contributed by atoms with Crippen LogP contribution in [0.15, 0.2) is 36.4 Å². The molecule has 0 aromatic heterocycles. The van der Waals surface area contributed by atoms with Crippen LogP contribution in [0, 0.1) is 19.8 Å². The number of benzene rings is 2. The number of aryl methyl sites for hydroxylation is 2. The van der Waals surface area contributed by atoms with E-state index in [2.05, 4.69) is 5.32 Å². The number of hydrogen-bond donors (Lipinski definition) is 1. The number of nitrogens with one attached hydrogen (secondary N) is 1. The van der Waals surface area contributed by atoms with Crippen molar-refractivity contribution in [2.24, 2.45) is 5.92 Å². The van der Waals surface area contributed by atoms with E-state index in [0.717, 1.165) is 16.9 Å². The van der Waals surface area contributed by atoms with Crippen molar-refractivity contribution in [2.45, 2.75) is 26.7 Å². The highest BCUT2D eigenvalue weighted by molar-refractivity contribution is 5.93. The lowest BCUT2D eigenvalue weighted by Gasteiger charge is -2.31. The molecule has 1 fully saturated rings. The third kappa shape index (κ3) is 4.35. The summed E-state index contributed by atoms with van der Waals surface area (Å²) < 4.78 is 16.4. The van der Waals surface area contributed by atoms with Crippen LogP contribution in [0.3, 0.4) is 0 Å². The first-order valence-corrected chi connectivity index (χ1v) is 10.2. The molecule has 1 saturated heterocycles. The molecule has 0 aliphatic carbocycles.